The Labute approximate surface area is 122 Å². The molecule has 0 aromatic rings. The average molecular weight is 288 g/mol. The van der Waals surface area contributed by atoms with Gasteiger partial charge in [-0.05, 0) is 37.0 Å². The molecule has 0 radical (unpaired) electrons. The zero-order valence-electron chi connectivity index (χ0n) is 13.3. The summed E-state index contributed by atoms with van der Waals surface area (Å²) in [4.78, 5) is 0. The van der Waals surface area contributed by atoms with Gasteiger partial charge in [0.25, 0.3) is 0 Å². The molecule has 0 spiro atoms. The van der Waals surface area contributed by atoms with Crippen molar-refractivity contribution in [3.8, 4) is 0 Å². The molecular formula is C16H33NOS. The van der Waals surface area contributed by atoms with E-state index in [1.165, 1.54) is 25.7 Å². The van der Waals surface area contributed by atoms with Crippen molar-refractivity contribution in [1.82, 2.24) is 0 Å². The molecule has 1 fully saturated rings. The van der Waals surface area contributed by atoms with Crippen LogP contribution in [0.4, 0.5) is 0 Å². The van der Waals surface area contributed by atoms with E-state index in [9.17, 15) is 4.21 Å². The minimum Gasteiger partial charge on any atom is -0.327 e. The number of rotatable bonds is 7. The lowest BCUT2D eigenvalue weighted by molar-refractivity contribution is 0.147. The summed E-state index contributed by atoms with van der Waals surface area (Å²) in [5.41, 5.74) is 6.61. The first kappa shape index (κ1) is 17.2. The third kappa shape index (κ3) is 4.86. The molecule has 1 saturated carbocycles. The Kier molecular flexibility index (Phi) is 7.02. The molecule has 2 nitrogen and oxygen atoms in total. The molecule has 0 heterocycles. The van der Waals surface area contributed by atoms with Gasteiger partial charge in [-0.3, -0.25) is 4.21 Å². The van der Waals surface area contributed by atoms with Crippen LogP contribution in [-0.4, -0.2) is 21.3 Å². The maximum atomic E-state index is 12.5. The molecule has 0 aliphatic heterocycles. The van der Waals surface area contributed by atoms with Crippen LogP contribution in [-0.2, 0) is 10.8 Å². The Morgan fingerprint density at radius 2 is 1.89 bits per heavy atom. The van der Waals surface area contributed by atoms with Crippen molar-refractivity contribution >= 4 is 10.8 Å². The SMILES string of the molecule is CCCCCS(=O)C1CC(C(C)(C)CC)CCC1N. The van der Waals surface area contributed by atoms with Crippen molar-refractivity contribution < 1.29 is 4.21 Å². The highest BCUT2D eigenvalue weighted by Crippen LogP contribution is 2.41. The average Bonchev–Trinajstić information content (AvgIpc) is 2.39. The van der Waals surface area contributed by atoms with Gasteiger partial charge in [-0.2, -0.15) is 0 Å². The summed E-state index contributed by atoms with van der Waals surface area (Å²) in [7, 11) is -0.721. The third-order valence-electron chi connectivity index (χ3n) is 5.15. The molecule has 19 heavy (non-hydrogen) atoms. The van der Waals surface area contributed by atoms with E-state index in [1.807, 2.05) is 0 Å². The van der Waals surface area contributed by atoms with E-state index in [2.05, 4.69) is 27.7 Å². The van der Waals surface area contributed by atoms with Gasteiger partial charge in [0.05, 0.1) is 5.25 Å². The molecule has 4 atom stereocenters. The van der Waals surface area contributed by atoms with Crippen molar-refractivity contribution in [1.29, 1.82) is 0 Å². The van der Waals surface area contributed by atoms with E-state index in [1.54, 1.807) is 0 Å². The smallest absolute Gasteiger partial charge is 0.0501 e. The number of hydrogen-bond donors (Lipinski definition) is 1. The lowest BCUT2D eigenvalue weighted by atomic mass is 9.69. The highest BCUT2D eigenvalue weighted by molar-refractivity contribution is 7.85. The number of hydrogen-bond acceptors (Lipinski definition) is 2. The zero-order chi connectivity index (χ0) is 14.5. The normalized spacial score (nSPS) is 30.3. The van der Waals surface area contributed by atoms with E-state index in [0.717, 1.165) is 25.0 Å². The predicted molar refractivity (Wildman–Crippen MR) is 85.7 cm³/mol. The van der Waals surface area contributed by atoms with E-state index < -0.39 is 10.8 Å². The van der Waals surface area contributed by atoms with Crippen LogP contribution in [0.2, 0.25) is 0 Å². The van der Waals surface area contributed by atoms with Crippen molar-refractivity contribution in [3.05, 3.63) is 0 Å². The number of nitrogens with two attached hydrogens (primary N) is 1. The molecule has 0 aromatic carbocycles. The molecule has 4 unspecified atom stereocenters. The predicted octanol–water partition coefficient (Wildman–Crippen LogP) is 3.86. The topological polar surface area (TPSA) is 43.1 Å². The van der Waals surface area contributed by atoms with E-state index in [0.29, 0.717) is 11.3 Å². The second-order valence-electron chi connectivity index (χ2n) is 6.85. The van der Waals surface area contributed by atoms with Crippen LogP contribution in [0.25, 0.3) is 0 Å². The maximum Gasteiger partial charge on any atom is 0.0501 e. The van der Waals surface area contributed by atoms with Gasteiger partial charge in [-0.15, -0.1) is 0 Å². The van der Waals surface area contributed by atoms with Gasteiger partial charge in [0.1, 0.15) is 0 Å². The van der Waals surface area contributed by atoms with E-state index >= 15 is 0 Å². The highest BCUT2D eigenvalue weighted by atomic mass is 32.2. The second kappa shape index (κ2) is 7.78. The molecule has 1 aliphatic rings. The Balaban J connectivity index is 2.58. The molecule has 3 heteroatoms. The molecular weight excluding hydrogens is 254 g/mol. The van der Waals surface area contributed by atoms with Gasteiger partial charge in [-0.1, -0.05) is 47.0 Å². The molecule has 0 amide bonds. The minimum absolute atomic E-state index is 0.159. The lowest BCUT2D eigenvalue weighted by Crippen LogP contribution is -2.46. The largest absolute Gasteiger partial charge is 0.327 e. The molecule has 0 bridgehead atoms. The first-order chi connectivity index (χ1) is 8.92. The molecule has 0 aromatic heterocycles. The Hall–Kier alpha value is 0.110. The van der Waals surface area contributed by atoms with Gasteiger partial charge >= 0.3 is 0 Å². The Bertz CT molecular complexity index is 290. The fraction of sp³-hybridized carbons (Fsp3) is 1.00. The van der Waals surface area contributed by atoms with Crippen molar-refractivity contribution in [2.24, 2.45) is 17.1 Å². The Morgan fingerprint density at radius 3 is 2.47 bits per heavy atom. The summed E-state index contributed by atoms with van der Waals surface area (Å²) in [5.74, 6) is 1.54. The molecule has 2 N–H and O–H groups in total. The van der Waals surface area contributed by atoms with Gasteiger partial charge in [0, 0.05) is 22.6 Å². The van der Waals surface area contributed by atoms with Crippen LogP contribution < -0.4 is 5.73 Å². The monoisotopic (exact) mass is 287 g/mol. The first-order valence-electron chi connectivity index (χ1n) is 8.05. The number of unbranched alkanes of at least 4 members (excludes halogenated alkanes) is 2. The summed E-state index contributed by atoms with van der Waals surface area (Å²) in [6.45, 7) is 9.16. The van der Waals surface area contributed by atoms with Gasteiger partial charge in [0.15, 0.2) is 0 Å². The third-order valence-corrected chi connectivity index (χ3v) is 7.05. The van der Waals surface area contributed by atoms with Gasteiger partial charge in [-0.25, -0.2) is 0 Å². The molecule has 114 valence electrons. The summed E-state index contributed by atoms with van der Waals surface area (Å²) < 4.78 is 12.5. The Morgan fingerprint density at radius 1 is 1.21 bits per heavy atom. The summed E-state index contributed by atoms with van der Waals surface area (Å²) >= 11 is 0. The standard InChI is InChI=1S/C16H33NOS/c1-5-7-8-11-19(18)15-12-13(9-10-14(15)17)16(3,4)6-2/h13-15H,5-12,17H2,1-4H3. The highest BCUT2D eigenvalue weighted by Gasteiger charge is 2.38. The molecule has 0 saturated heterocycles. The van der Waals surface area contributed by atoms with E-state index in [-0.39, 0.29) is 11.3 Å². The van der Waals surface area contributed by atoms with Crippen LogP contribution in [0, 0.1) is 11.3 Å². The van der Waals surface area contributed by atoms with Crippen molar-refractivity contribution in [2.75, 3.05) is 5.75 Å². The van der Waals surface area contributed by atoms with Crippen molar-refractivity contribution in [2.45, 2.75) is 83.9 Å². The fourth-order valence-corrected chi connectivity index (χ4v) is 4.86. The maximum absolute atomic E-state index is 12.5. The van der Waals surface area contributed by atoms with Crippen molar-refractivity contribution in [3.63, 3.8) is 0 Å². The zero-order valence-corrected chi connectivity index (χ0v) is 14.1. The summed E-state index contributed by atoms with van der Waals surface area (Å²) in [6.07, 6.45) is 8.01. The molecule has 1 rings (SSSR count). The lowest BCUT2D eigenvalue weighted by Gasteiger charge is -2.41. The van der Waals surface area contributed by atoms with Crippen LogP contribution in [0.1, 0.15) is 72.6 Å². The minimum atomic E-state index is -0.721. The second-order valence-corrected chi connectivity index (χ2v) is 8.62. The van der Waals surface area contributed by atoms with Crippen LogP contribution in [0.5, 0.6) is 0 Å². The summed E-state index contributed by atoms with van der Waals surface area (Å²) in [5, 5.41) is 0.237. The summed E-state index contributed by atoms with van der Waals surface area (Å²) in [6, 6.07) is 0.159. The van der Waals surface area contributed by atoms with Crippen LogP contribution in [0.3, 0.4) is 0 Å². The molecule has 1 aliphatic carbocycles. The quantitative estimate of drug-likeness (QED) is 0.723. The van der Waals surface area contributed by atoms with Gasteiger partial charge in [0.2, 0.25) is 0 Å². The van der Waals surface area contributed by atoms with Crippen LogP contribution >= 0.6 is 0 Å². The van der Waals surface area contributed by atoms with Gasteiger partial charge < -0.3 is 5.73 Å². The first-order valence-corrected chi connectivity index (χ1v) is 9.43. The van der Waals surface area contributed by atoms with E-state index in [4.69, 9.17) is 5.73 Å². The van der Waals surface area contributed by atoms with Crippen LogP contribution in [0.15, 0.2) is 0 Å². The fourth-order valence-electron chi connectivity index (χ4n) is 3.10.